The van der Waals surface area contributed by atoms with Crippen LogP contribution in [-0.4, -0.2) is 40.5 Å². The number of halogens is 1. The Kier molecular flexibility index (Phi) is 8.78. The fraction of sp³-hybridized carbons (Fsp3) is 0.769. The number of hydrogen-bond acceptors (Lipinski definition) is 6. The number of nitrogens with one attached hydrogen (secondary N) is 3. The van der Waals surface area contributed by atoms with Crippen molar-refractivity contribution in [3.8, 4) is 0 Å². The summed E-state index contributed by atoms with van der Waals surface area (Å²) in [6.45, 7) is 6.67. The van der Waals surface area contributed by atoms with Gasteiger partial charge in [-0.1, -0.05) is 26.7 Å². The summed E-state index contributed by atoms with van der Waals surface area (Å²) < 4.78 is 0. The Morgan fingerprint density at radius 3 is 1.50 bits per heavy atom. The van der Waals surface area contributed by atoms with Crippen molar-refractivity contribution in [2.75, 3.05) is 41.5 Å². The molecule has 1 rings (SSSR count). The fourth-order valence-electron chi connectivity index (χ4n) is 1.53. The van der Waals surface area contributed by atoms with Crippen molar-refractivity contribution in [1.82, 2.24) is 15.0 Å². The zero-order valence-electron chi connectivity index (χ0n) is 12.4. The van der Waals surface area contributed by atoms with Crippen molar-refractivity contribution in [3.63, 3.8) is 0 Å². The third-order valence-electron chi connectivity index (χ3n) is 2.64. The van der Waals surface area contributed by atoms with E-state index in [-0.39, 0.29) is 0 Å². The molecule has 0 radical (unpaired) electrons. The monoisotopic (exact) mass is 300 g/mol. The van der Waals surface area contributed by atoms with Gasteiger partial charge in [-0.15, -0.1) is 11.6 Å². The third-order valence-corrected chi connectivity index (χ3v) is 2.83. The average molecular weight is 301 g/mol. The van der Waals surface area contributed by atoms with Crippen LogP contribution in [0, 0.1) is 0 Å². The summed E-state index contributed by atoms with van der Waals surface area (Å²) in [5.41, 5.74) is 0. The predicted octanol–water partition coefficient (Wildman–Crippen LogP) is 2.95. The van der Waals surface area contributed by atoms with E-state index in [4.69, 9.17) is 11.6 Å². The topological polar surface area (TPSA) is 74.8 Å². The maximum Gasteiger partial charge on any atom is 0.229 e. The predicted molar refractivity (Wildman–Crippen MR) is 85.8 cm³/mol. The molecule has 0 aliphatic carbocycles. The van der Waals surface area contributed by atoms with Crippen molar-refractivity contribution in [2.24, 2.45) is 0 Å². The fourth-order valence-corrected chi connectivity index (χ4v) is 1.62. The highest BCUT2D eigenvalue weighted by atomic mass is 35.5. The second kappa shape index (κ2) is 10.5. The summed E-state index contributed by atoms with van der Waals surface area (Å²) in [7, 11) is 0. The number of rotatable bonds is 11. The van der Waals surface area contributed by atoms with Crippen LogP contribution in [0.15, 0.2) is 0 Å². The lowest BCUT2D eigenvalue weighted by atomic mass is 10.3. The molecule has 114 valence electrons. The molecule has 0 saturated carbocycles. The van der Waals surface area contributed by atoms with Crippen molar-refractivity contribution >= 4 is 29.4 Å². The number of hydrogen-bond donors (Lipinski definition) is 3. The Morgan fingerprint density at radius 2 is 1.15 bits per heavy atom. The largest absolute Gasteiger partial charge is 0.354 e. The van der Waals surface area contributed by atoms with Crippen LogP contribution in [0.5, 0.6) is 0 Å². The maximum atomic E-state index is 5.67. The Bertz CT molecular complexity index is 346. The van der Waals surface area contributed by atoms with E-state index in [2.05, 4.69) is 44.7 Å². The van der Waals surface area contributed by atoms with Gasteiger partial charge in [-0.05, 0) is 12.8 Å². The van der Waals surface area contributed by atoms with Crippen molar-refractivity contribution in [2.45, 2.75) is 39.5 Å². The minimum atomic E-state index is 0.517. The van der Waals surface area contributed by atoms with Crippen molar-refractivity contribution < 1.29 is 0 Å². The van der Waals surface area contributed by atoms with E-state index < -0.39 is 0 Å². The SMILES string of the molecule is CCCCNc1nc(NCCCl)nc(NCCCC)n1. The second-order valence-electron chi connectivity index (χ2n) is 4.48. The molecule has 0 fully saturated rings. The lowest BCUT2D eigenvalue weighted by Crippen LogP contribution is -2.14. The van der Waals surface area contributed by atoms with Gasteiger partial charge in [-0.25, -0.2) is 0 Å². The molecule has 0 aromatic carbocycles. The molecule has 3 N–H and O–H groups in total. The van der Waals surface area contributed by atoms with Crippen molar-refractivity contribution in [3.05, 3.63) is 0 Å². The molecule has 0 amide bonds. The Morgan fingerprint density at radius 1 is 0.750 bits per heavy atom. The quantitative estimate of drug-likeness (QED) is 0.431. The summed E-state index contributed by atoms with van der Waals surface area (Å²) in [6, 6.07) is 0. The van der Waals surface area contributed by atoms with Crippen LogP contribution in [0.3, 0.4) is 0 Å². The molecule has 0 spiro atoms. The molecule has 1 aromatic rings. The van der Waals surface area contributed by atoms with Crippen LogP contribution in [0.1, 0.15) is 39.5 Å². The van der Waals surface area contributed by atoms with Crippen LogP contribution in [0.2, 0.25) is 0 Å². The molecule has 0 saturated heterocycles. The van der Waals surface area contributed by atoms with Crippen LogP contribution >= 0.6 is 11.6 Å². The first-order chi connectivity index (χ1) is 9.80. The summed E-state index contributed by atoms with van der Waals surface area (Å²) in [6.07, 6.45) is 4.46. The summed E-state index contributed by atoms with van der Waals surface area (Å²) >= 11 is 5.67. The van der Waals surface area contributed by atoms with E-state index in [1.807, 2.05) is 0 Å². The number of alkyl halides is 1. The lowest BCUT2D eigenvalue weighted by molar-refractivity contribution is 0.815. The number of aromatic nitrogens is 3. The van der Waals surface area contributed by atoms with Crippen LogP contribution in [-0.2, 0) is 0 Å². The first kappa shape index (κ1) is 16.8. The van der Waals surface area contributed by atoms with Crippen LogP contribution in [0.4, 0.5) is 17.8 Å². The first-order valence-electron chi connectivity index (χ1n) is 7.33. The molecule has 1 aromatic heterocycles. The van der Waals surface area contributed by atoms with Gasteiger partial charge in [0.15, 0.2) is 0 Å². The van der Waals surface area contributed by atoms with E-state index in [9.17, 15) is 0 Å². The van der Waals surface area contributed by atoms with Gasteiger partial charge in [0.2, 0.25) is 17.8 Å². The molecule has 0 unspecified atom stereocenters. The third kappa shape index (κ3) is 6.75. The van der Waals surface area contributed by atoms with E-state index in [1.54, 1.807) is 0 Å². The van der Waals surface area contributed by atoms with Crippen LogP contribution in [0.25, 0.3) is 0 Å². The maximum absolute atomic E-state index is 5.67. The van der Waals surface area contributed by atoms with Gasteiger partial charge < -0.3 is 16.0 Å². The Balaban J connectivity index is 2.67. The molecule has 20 heavy (non-hydrogen) atoms. The number of nitrogens with zero attached hydrogens (tertiary/aromatic N) is 3. The lowest BCUT2D eigenvalue weighted by Gasteiger charge is -2.10. The highest BCUT2D eigenvalue weighted by Gasteiger charge is 2.05. The number of anilines is 3. The van der Waals surface area contributed by atoms with Gasteiger partial charge in [0.25, 0.3) is 0 Å². The average Bonchev–Trinajstić information content (AvgIpc) is 2.46. The second-order valence-corrected chi connectivity index (χ2v) is 4.86. The molecule has 0 atom stereocenters. The first-order valence-corrected chi connectivity index (χ1v) is 7.87. The van der Waals surface area contributed by atoms with Gasteiger partial charge in [0.1, 0.15) is 0 Å². The van der Waals surface area contributed by atoms with Gasteiger partial charge in [-0.2, -0.15) is 15.0 Å². The standard InChI is InChI=1S/C13H25ClN6/c1-3-5-8-15-11-18-12(16-9-6-4-2)20-13(19-11)17-10-7-14/h3-10H2,1-2H3,(H3,15,16,17,18,19,20). The zero-order chi connectivity index (χ0) is 14.6. The molecule has 0 aliphatic rings. The minimum Gasteiger partial charge on any atom is -0.354 e. The normalized spacial score (nSPS) is 10.3. The molecular weight excluding hydrogens is 276 g/mol. The molecule has 7 heteroatoms. The van der Waals surface area contributed by atoms with Crippen LogP contribution < -0.4 is 16.0 Å². The Labute approximate surface area is 126 Å². The van der Waals surface area contributed by atoms with E-state index in [1.165, 1.54) is 0 Å². The molecule has 0 aliphatic heterocycles. The van der Waals surface area contributed by atoms with Gasteiger partial charge in [-0.3, -0.25) is 0 Å². The van der Waals surface area contributed by atoms with E-state index >= 15 is 0 Å². The summed E-state index contributed by atoms with van der Waals surface area (Å²) in [4.78, 5) is 13.0. The molecular formula is C13H25ClN6. The van der Waals surface area contributed by atoms with Gasteiger partial charge >= 0.3 is 0 Å². The van der Waals surface area contributed by atoms with Gasteiger partial charge in [0, 0.05) is 25.5 Å². The highest BCUT2D eigenvalue weighted by Crippen LogP contribution is 2.09. The van der Waals surface area contributed by atoms with Gasteiger partial charge in [0.05, 0.1) is 0 Å². The smallest absolute Gasteiger partial charge is 0.229 e. The summed E-state index contributed by atoms with van der Waals surface area (Å²) in [5.74, 6) is 2.27. The molecule has 0 bridgehead atoms. The minimum absolute atomic E-state index is 0.517. The van der Waals surface area contributed by atoms with E-state index in [0.29, 0.717) is 30.3 Å². The molecule has 6 nitrogen and oxygen atoms in total. The summed E-state index contributed by atoms with van der Waals surface area (Å²) in [5, 5.41) is 9.52. The number of unbranched alkanes of at least 4 members (excludes halogenated alkanes) is 2. The van der Waals surface area contributed by atoms with E-state index in [0.717, 1.165) is 38.8 Å². The zero-order valence-corrected chi connectivity index (χ0v) is 13.1. The highest BCUT2D eigenvalue weighted by molar-refractivity contribution is 6.18. The van der Waals surface area contributed by atoms with Crippen molar-refractivity contribution in [1.29, 1.82) is 0 Å². The Hall–Kier alpha value is -1.30. The molecule has 1 heterocycles.